The van der Waals surface area contributed by atoms with Crippen LogP contribution in [0.5, 0.6) is 0 Å². The van der Waals surface area contributed by atoms with E-state index in [0.29, 0.717) is 0 Å². The zero-order valence-electron chi connectivity index (χ0n) is 7.86. The minimum absolute atomic E-state index is 0.00398. The number of benzene rings is 1. The van der Waals surface area contributed by atoms with E-state index in [2.05, 4.69) is 0 Å². The molecule has 1 aromatic rings. The third-order valence-corrected chi connectivity index (χ3v) is 2.71. The summed E-state index contributed by atoms with van der Waals surface area (Å²) < 4.78 is 0. The fourth-order valence-corrected chi connectivity index (χ4v) is 1.83. The molecule has 1 rings (SSSR count). The molecule has 4 heteroatoms. The summed E-state index contributed by atoms with van der Waals surface area (Å²) in [6, 6.07) is 5.38. The van der Waals surface area contributed by atoms with Crippen LogP contribution in [-0.2, 0) is 17.8 Å². The van der Waals surface area contributed by atoms with Crippen LogP contribution in [0, 0.1) is 0 Å². The molecule has 2 N–H and O–H groups in total. The lowest BCUT2D eigenvalue weighted by molar-refractivity contribution is -0.136. The average Bonchev–Trinajstić information content (AvgIpc) is 2.16. The van der Waals surface area contributed by atoms with Crippen molar-refractivity contribution in [3.63, 3.8) is 0 Å². The number of carboxylic acid groups (broad SMARTS) is 1. The maximum absolute atomic E-state index is 10.6. The molecule has 0 aliphatic heterocycles. The maximum Gasteiger partial charge on any atom is 0.307 e. The van der Waals surface area contributed by atoms with Gasteiger partial charge < -0.3 is 10.2 Å². The van der Waals surface area contributed by atoms with E-state index in [0.717, 1.165) is 16.0 Å². The zero-order chi connectivity index (χ0) is 10.6. The molecule has 0 radical (unpaired) electrons. The molecule has 76 valence electrons. The largest absolute Gasteiger partial charge is 0.481 e. The lowest BCUT2D eigenvalue weighted by atomic mass is 10.1. The first-order valence-electron chi connectivity index (χ1n) is 4.16. The van der Waals surface area contributed by atoms with Gasteiger partial charge in [-0.15, -0.1) is 11.8 Å². The maximum atomic E-state index is 10.6. The highest BCUT2D eigenvalue weighted by Crippen LogP contribution is 2.22. The van der Waals surface area contributed by atoms with Crippen molar-refractivity contribution in [3.05, 3.63) is 29.3 Å². The van der Waals surface area contributed by atoms with Gasteiger partial charge in [-0.3, -0.25) is 4.79 Å². The van der Waals surface area contributed by atoms with Gasteiger partial charge in [-0.2, -0.15) is 0 Å². The summed E-state index contributed by atoms with van der Waals surface area (Å²) in [6.07, 6.45) is 1.91. The molecule has 0 fully saturated rings. The molecule has 3 nitrogen and oxygen atoms in total. The Bertz CT molecular complexity index is 336. The number of thioether (sulfide) groups is 1. The molecular formula is C10H12O3S. The van der Waals surface area contributed by atoms with Crippen molar-refractivity contribution in [3.8, 4) is 0 Å². The first-order chi connectivity index (χ1) is 6.67. The smallest absolute Gasteiger partial charge is 0.307 e. The SMILES string of the molecule is CSc1ccc(CO)cc1CC(=O)O. The monoisotopic (exact) mass is 212 g/mol. The molecule has 0 aliphatic carbocycles. The second-order valence-corrected chi connectivity index (χ2v) is 3.72. The van der Waals surface area contributed by atoms with Gasteiger partial charge in [0.25, 0.3) is 0 Å². The highest BCUT2D eigenvalue weighted by molar-refractivity contribution is 7.98. The number of carbonyl (C=O) groups is 1. The molecule has 14 heavy (non-hydrogen) atoms. The van der Waals surface area contributed by atoms with Crippen LogP contribution in [0.1, 0.15) is 11.1 Å². The molecule has 0 spiro atoms. The van der Waals surface area contributed by atoms with E-state index in [4.69, 9.17) is 10.2 Å². The van der Waals surface area contributed by atoms with Gasteiger partial charge in [0.15, 0.2) is 0 Å². The minimum Gasteiger partial charge on any atom is -0.481 e. The van der Waals surface area contributed by atoms with Crippen LogP contribution >= 0.6 is 11.8 Å². The topological polar surface area (TPSA) is 57.5 Å². The van der Waals surface area contributed by atoms with Crippen LogP contribution in [0.15, 0.2) is 23.1 Å². The third-order valence-electron chi connectivity index (χ3n) is 1.87. The Morgan fingerprint density at radius 2 is 2.21 bits per heavy atom. The molecule has 0 saturated carbocycles. The molecule has 0 bridgehead atoms. The highest BCUT2D eigenvalue weighted by atomic mass is 32.2. The predicted octanol–water partition coefficient (Wildman–Crippen LogP) is 1.53. The van der Waals surface area contributed by atoms with Crippen molar-refractivity contribution in [1.82, 2.24) is 0 Å². The van der Waals surface area contributed by atoms with E-state index in [1.165, 1.54) is 11.8 Å². The van der Waals surface area contributed by atoms with Crippen LogP contribution in [0.3, 0.4) is 0 Å². The Morgan fingerprint density at radius 3 is 2.71 bits per heavy atom. The van der Waals surface area contributed by atoms with Crippen LogP contribution in [0.4, 0.5) is 0 Å². The van der Waals surface area contributed by atoms with Crippen molar-refractivity contribution in [2.75, 3.05) is 6.26 Å². The second-order valence-electron chi connectivity index (χ2n) is 2.87. The number of hydrogen-bond donors (Lipinski definition) is 2. The number of hydrogen-bond acceptors (Lipinski definition) is 3. The van der Waals surface area contributed by atoms with Crippen LogP contribution in [0.2, 0.25) is 0 Å². The van der Waals surface area contributed by atoms with Gasteiger partial charge in [0, 0.05) is 4.90 Å². The van der Waals surface area contributed by atoms with Gasteiger partial charge in [-0.05, 0) is 23.4 Å². The van der Waals surface area contributed by atoms with E-state index in [-0.39, 0.29) is 13.0 Å². The van der Waals surface area contributed by atoms with E-state index in [1.807, 2.05) is 12.3 Å². The van der Waals surface area contributed by atoms with Crippen molar-refractivity contribution in [2.24, 2.45) is 0 Å². The Balaban J connectivity index is 3.01. The summed E-state index contributed by atoms with van der Waals surface area (Å²) in [6.45, 7) is -0.0543. The van der Waals surface area contributed by atoms with Gasteiger partial charge in [-0.25, -0.2) is 0 Å². The van der Waals surface area contributed by atoms with Crippen LogP contribution in [-0.4, -0.2) is 22.4 Å². The quantitative estimate of drug-likeness (QED) is 0.743. The molecule has 0 heterocycles. The highest BCUT2D eigenvalue weighted by Gasteiger charge is 2.06. The van der Waals surface area contributed by atoms with Crippen molar-refractivity contribution >= 4 is 17.7 Å². The zero-order valence-corrected chi connectivity index (χ0v) is 8.67. The number of rotatable bonds is 4. The number of aliphatic hydroxyl groups excluding tert-OH is 1. The fraction of sp³-hybridized carbons (Fsp3) is 0.300. The molecular weight excluding hydrogens is 200 g/mol. The Kier molecular flexibility index (Phi) is 3.98. The van der Waals surface area contributed by atoms with Crippen molar-refractivity contribution in [2.45, 2.75) is 17.9 Å². The predicted molar refractivity (Wildman–Crippen MR) is 55.5 cm³/mol. The van der Waals surface area contributed by atoms with Crippen LogP contribution in [0.25, 0.3) is 0 Å². The molecule has 0 amide bonds. The summed E-state index contributed by atoms with van der Waals surface area (Å²) in [5.74, 6) is -0.851. The van der Waals surface area contributed by atoms with E-state index < -0.39 is 5.97 Å². The van der Waals surface area contributed by atoms with Crippen molar-refractivity contribution in [1.29, 1.82) is 0 Å². The first-order valence-corrected chi connectivity index (χ1v) is 5.38. The summed E-state index contributed by atoms with van der Waals surface area (Å²) in [5.41, 5.74) is 1.51. The minimum atomic E-state index is -0.851. The Hall–Kier alpha value is -1.00. The summed E-state index contributed by atoms with van der Waals surface area (Å²) in [4.78, 5) is 11.5. The molecule has 1 aromatic carbocycles. The van der Waals surface area contributed by atoms with Crippen LogP contribution < -0.4 is 0 Å². The number of aliphatic carboxylic acids is 1. The molecule has 0 aromatic heterocycles. The van der Waals surface area contributed by atoms with Gasteiger partial charge >= 0.3 is 5.97 Å². The second kappa shape index (κ2) is 5.02. The first kappa shape index (κ1) is 11.1. The van der Waals surface area contributed by atoms with Crippen molar-refractivity contribution < 1.29 is 15.0 Å². The molecule has 0 unspecified atom stereocenters. The number of aliphatic hydroxyl groups is 1. The lowest BCUT2D eigenvalue weighted by Gasteiger charge is -2.06. The standard InChI is InChI=1S/C10H12O3S/c1-14-9-3-2-7(6-11)4-8(9)5-10(12)13/h2-4,11H,5-6H2,1H3,(H,12,13). The van der Waals surface area contributed by atoms with Gasteiger partial charge in [-0.1, -0.05) is 12.1 Å². The lowest BCUT2D eigenvalue weighted by Crippen LogP contribution is -2.02. The summed E-state index contributed by atoms with van der Waals surface area (Å²) in [5, 5.41) is 17.6. The Labute approximate surface area is 86.8 Å². The summed E-state index contributed by atoms with van der Waals surface area (Å²) in [7, 11) is 0. The molecule has 0 saturated heterocycles. The van der Waals surface area contributed by atoms with E-state index in [9.17, 15) is 4.79 Å². The van der Waals surface area contributed by atoms with Gasteiger partial charge in [0.2, 0.25) is 0 Å². The Morgan fingerprint density at radius 1 is 1.50 bits per heavy atom. The summed E-state index contributed by atoms with van der Waals surface area (Å²) >= 11 is 1.51. The van der Waals surface area contributed by atoms with Gasteiger partial charge in [0.1, 0.15) is 0 Å². The normalized spacial score (nSPS) is 10.1. The number of carboxylic acids is 1. The molecule has 0 aliphatic rings. The molecule has 0 atom stereocenters. The fourth-order valence-electron chi connectivity index (χ4n) is 1.23. The average molecular weight is 212 g/mol. The van der Waals surface area contributed by atoms with Gasteiger partial charge in [0.05, 0.1) is 13.0 Å². The van der Waals surface area contributed by atoms with E-state index in [1.54, 1.807) is 12.1 Å². The van der Waals surface area contributed by atoms with E-state index >= 15 is 0 Å². The third kappa shape index (κ3) is 2.75.